The van der Waals surface area contributed by atoms with Crippen LogP contribution in [0.5, 0.6) is 0 Å². The van der Waals surface area contributed by atoms with Gasteiger partial charge in [-0.1, -0.05) is 48.5 Å². The Hall–Kier alpha value is -5.62. The third kappa shape index (κ3) is 9.18. The first-order chi connectivity index (χ1) is 21.5. The summed E-state index contributed by atoms with van der Waals surface area (Å²) in [6.07, 6.45) is 0. The van der Waals surface area contributed by atoms with Crippen molar-refractivity contribution in [2.45, 2.75) is 26.4 Å². The average Bonchev–Trinajstić information content (AvgIpc) is 3.04. The third-order valence-electron chi connectivity index (χ3n) is 6.41. The lowest BCUT2D eigenvalue weighted by Crippen LogP contribution is -2.48. The van der Waals surface area contributed by atoms with Crippen molar-refractivity contribution in [1.82, 2.24) is 0 Å². The molecule has 0 saturated heterocycles. The number of benzene rings is 4. The number of non-ortho nitro benzene ring substituents is 4. The molecule has 17 heteroatoms. The van der Waals surface area contributed by atoms with Crippen LogP contribution in [0.25, 0.3) is 0 Å². The molecule has 16 nitrogen and oxygen atoms in total. The maximum absolute atomic E-state index is 11.1. The van der Waals surface area contributed by atoms with Crippen molar-refractivity contribution in [1.29, 1.82) is 0 Å². The minimum atomic E-state index is -3.14. The van der Waals surface area contributed by atoms with Gasteiger partial charge in [-0.25, -0.2) is 0 Å². The Morgan fingerprint density at radius 2 is 0.556 bits per heavy atom. The standard InChI is InChI=1S/C28H24BN4O12/c34-30(35)25-9-1-21(2-10-25)17-42-29(43-18-22-3-11-26(12-4-22)31(36)37,44-19-23-5-13-27(14-6-23)32(38)39)45-20-24-7-15-28(16-8-24)33(40)41/h1-16H,17-20H2/q-1. The van der Waals surface area contributed by atoms with Crippen molar-refractivity contribution < 1.29 is 38.3 Å². The van der Waals surface area contributed by atoms with E-state index < -0.39 is 26.7 Å². The molecule has 0 spiro atoms. The average molecular weight is 619 g/mol. The number of rotatable bonds is 16. The number of nitro groups is 4. The van der Waals surface area contributed by atoms with E-state index in [-0.39, 0.29) is 49.2 Å². The van der Waals surface area contributed by atoms with E-state index in [4.69, 9.17) is 18.6 Å². The van der Waals surface area contributed by atoms with Gasteiger partial charge in [0.1, 0.15) is 0 Å². The zero-order valence-corrected chi connectivity index (χ0v) is 23.3. The van der Waals surface area contributed by atoms with E-state index in [9.17, 15) is 40.5 Å². The Kier molecular flexibility index (Phi) is 10.6. The van der Waals surface area contributed by atoms with Gasteiger partial charge < -0.3 is 18.6 Å². The van der Waals surface area contributed by atoms with Crippen molar-refractivity contribution in [2.75, 3.05) is 0 Å². The van der Waals surface area contributed by atoms with Crippen LogP contribution in [-0.4, -0.2) is 26.7 Å². The predicted octanol–water partition coefficient (Wildman–Crippen LogP) is 5.92. The van der Waals surface area contributed by atoms with Crippen LogP contribution in [0, 0.1) is 40.5 Å². The Morgan fingerprint density at radius 3 is 0.711 bits per heavy atom. The molecule has 4 aromatic carbocycles. The fraction of sp³-hybridized carbons (Fsp3) is 0.143. The zero-order valence-electron chi connectivity index (χ0n) is 23.3. The fourth-order valence-corrected chi connectivity index (χ4v) is 3.94. The second kappa shape index (κ2) is 14.7. The van der Waals surface area contributed by atoms with Gasteiger partial charge in [0, 0.05) is 75.0 Å². The lowest BCUT2D eigenvalue weighted by Gasteiger charge is -2.41. The molecule has 4 rings (SSSR count). The molecule has 0 bridgehead atoms. The number of hydrogen-bond donors (Lipinski definition) is 0. The van der Waals surface area contributed by atoms with Crippen LogP contribution in [0.1, 0.15) is 22.3 Å². The summed E-state index contributed by atoms with van der Waals surface area (Å²) in [5, 5.41) is 44.3. The Labute approximate surface area is 254 Å². The van der Waals surface area contributed by atoms with Crippen LogP contribution >= 0.6 is 0 Å². The van der Waals surface area contributed by atoms with Crippen LogP contribution in [0.4, 0.5) is 22.7 Å². The summed E-state index contributed by atoms with van der Waals surface area (Å²) in [4.78, 5) is 42.1. The highest BCUT2D eigenvalue weighted by atomic mass is 16.9. The monoisotopic (exact) mass is 619 g/mol. The molecule has 0 unspecified atom stereocenters. The zero-order chi connectivity index (χ0) is 32.4. The minimum Gasteiger partial charge on any atom is -0.515 e. The van der Waals surface area contributed by atoms with Gasteiger partial charge in [-0.05, 0) is 22.3 Å². The van der Waals surface area contributed by atoms with Crippen LogP contribution in [0.2, 0.25) is 0 Å². The summed E-state index contributed by atoms with van der Waals surface area (Å²) in [5.74, 6) is 0. The van der Waals surface area contributed by atoms with Gasteiger partial charge in [0.25, 0.3) is 22.7 Å². The largest absolute Gasteiger partial charge is 0.532 e. The molecular weight excluding hydrogens is 595 g/mol. The molecule has 0 heterocycles. The number of nitro benzene ring substituents is 4. The van der Waals surface area contributed by atoms with Crippen molar-refractivity contribution in [3.05, 3.63) is 160 Å². The van der Waals surface area contributed by atoms with Gasteiger partial charge in [0.05, 0.1) is 19.7 Å². The minimum absolute atomic E-state index is 0.131. The summed E-state index contributed by atoms with van der Waals surface area (Å²) in [6.45, 7) is -3.92. The molecule has 232 valence electrons. The van der Waals surface area contributed by atoms with E-state index in [1.165, 1.54) is 97.1 Å². The first-order valence-electron chi connectivity index (χ1n) is 13.2. The second-order valence-electron chi connectivity index (χ2n) is 9.52. The molecule has 4 aromatic rings. The molecule has 0 N–H and O–H groups in total. The molecule has 0 radical (unpaired) electrons. The van der Waals surface area contributed by atoms with E-state index in [0.717, 1.165) is 0 Å². The topological polar surface area (TPSA) is 209 Å². The van der Waals surface area contributed by atoms with E-state index in [1.807, 2.05) is 0 Å². The molecule has 0 atom stereocenters. The van der Waals surface area contributed by atoms with Crippen molar-refractivity contribution in [3.63, 3.8) is 0 Å². The van der Waals surface area contributed by atoms with Gasteiger partial charge in [0.15, 0.2) is 0 Å². The maximum atomic E-state index is 11.1. The molecule has 0 aliphatic heterocycles. The summed E-state index contributed by atoms with van der Waals surface area (Å²) < 4.78 is 24.3. The van der Waals surface area contributed by atoms with E-state index in [2.05, 4.69) is 0 Å². The van der Waals surface area contributed by atoms with Crippen molar-refractivity contribution in [3.8, 4) is 0 Å². The van der Waals surface area contributed by atoms with Crippen LogP contribution in [0.3, 0.4) is 0 Å². The molecule has 0 aliphatic carbocycles. The third-order valence-corrected chi connectivity index (χ3v) is 6.41. The van der Waals surface area contributed by atoms with Crippen molar-refractivity contribution in [2.24, 2.45) is 0 Å². The first-order valence-corrected chi connectivity index (χ1v) is 13.2. The van der Waals surface area contributed by atoms with Crippen LogP contribution in [-0.2, 0) is 45.0 Å². The van der Waals surface area contributed by atoms with E-state index >= 15 is 0 Å². The summed E-state index contributed by atoms with van der Waals surface area (Å²) >= 11 is 0. The van der Waals surface area contributed by atoms with E-state index in [1.54, 1.807) is 0 Å². The van der Waals surface area contributed by atoms with Gasteiger partial charge in [-0.3, -0.25) is 40.5 Å². The molecule has 0 aliphatic rings. The van der Waals surface area contributed by atoms with Gasteiger partial charge >= 0.3 is 6.96 Å². The number of nitrogens with zero attached hydrogens (tertiary/aromatic N) is 4. The van der Waals surface area contributed by atoms with Gasteiger partial charge in [0.2, 0.25) is 0 Å². The molecule has 45 heavy (non-hydrogen) atoms. The Bertz CT molecular complexity index is 1400. The quantitative estimate of drug-likeness (QED) is 0.0812. The predicted molar refractivity (Wildman–Crippen MR) is 157 cm³/mol. The molecular formula is C28H24BN4O12-. The highest BCUT2D eigenvalue weighted by molar-refractivity contribution is 6.53. The first kappa shape index (κ1) is 32.3. The summed E-state index contributed by atoms with van der Waals surface area (Å²) in [6, 6.07) is 22.1. The second-order valence-corrected chi connectivity index (χ2v) is 9.52. The normalized spacial score (nSPS) is 11.2. The Morgan fingerprint density at radius 1 is 0.378 bits per heavy atom. The number of hydrogen-bond acceptors (Lipinski definition) is 12. The lowest BCUT2D eigenvalue weighted by molar-refractivity contribution is -0.385. The van der Waals surface area contributed by atoms with Gasteiger partial charge in [-0.2, -0.15) is 0 Å². The SMILES string of the molecule is O=[N+]([O-])c1ccc(CO[B-](OCc2ccc([N+](=O)[O-])cc2)(OCc2ccc([N+](=O)[O-])cc2)OCc2ccc([N+](=O)[O-])cc2)cc1. The van der Waals surface area contributed by atoms with E-state index in [0.29, 0.717) is 22.3 Å². The summed E-state index contributed by atoms with van der Waals surface area (Å²) in [7, 11) is 0. The molecule has 0 amide bonds. The Balaban J connectivity index is 1.62. The maximum Gasteiger partial charge on any atom is 0.532 e. The summed E-state index contributed by atoms with van der Waals surface area (Å²) in [5.41, 5.74) is 1.49. The molecule has 0 fully saturated rings. The highest BCUT2D eigenvalue weighted by Gasteiger charge is 2.33. The van der Waals surface area contributed by atoms with Gasteiger partial charge in [-0.15, -0.1) is 0 Å². The fourth-order valence-electron chi connectivity index (χ4n) is 3.94. The highest BCUT2D eigenvalue weighted by Crippen LogP contribution is 2.24. The molecule has 0 saturated carbocycles. The van der Waals surface area contributed by atoms with Crippen molar-refractivity contribution >= 4 is 29.7 Å². The smallest absolute Gasteiger partial charge is 0.515 e. The van der Waals surface area contributed by atoms with Crippen LogP contribution in [0.15, 0.2) is 97.1 Å². The van der Waals surface area contributed by atoms with Crippen LogP contribution < -0.4 is 0 Å². The molecule has 0 aromatic heterocycles. The lowest BCUT2D eigenvalue weighted by atomic mass is 10.0.